The summed E-state index contributed by atoms with van der Waals surface area (Å²) < 4.78 is 0. The number of hydrogen-bond donors (Lipinski definition) is 0. The van der Waals surface area contributed by atoms with Gasteiger partial charge in [0, 0.05) is 0 Å². The van der Waals surface area contributed by atoms with Crippen LogP contribution in [0.25, 0.3) is 0 Å². The second kappa shape index (κ2) is 88.0. The van der Waals surface area contributed by atoms with Crippen molar-refractivity contribution in [3.8, 4) is 0 Å². The molecule has 0 aliphatic carbocycles. The van der Waals surface area contributed by atoms with Crippen molar-refractivity contribution in [2.75, 3.05) is 0 Å². The highest BCUT2D eigenvalue weighted by Crippen LogP contribution is 2.25. The molecule has 0 N–H and O–H groups in total. The molecule has 0 amide bonds. The minimum absolute atomic E-state index is 0.522. The third-order valence-corrected chi connectivity index (χ3v) is 16.8. The topological polar surface area (TPSA) is 0 Å². The second-order valence-corrected chi connectivity index (χ2v) is 36.2. The van der Waals surface area contributed by atoms with E-state index in [9.17, 15) is 0 Å². The van der Waals surface area contributed by atoms with Gasteiger partial charge in [0.2, 0.25) is 0 Å². The van der Waals surface area contributed by atoms with E-state index in [4.69, 9.17) is 0 Å². The van der Waals surface area contributed by atoms with E-state index in [1.807, 2.05) is 0 Å². The van der Waals surface area contributed by atoms with Crippen molar-refractivity contribution in [3.63, 3.8) is 0 Å². The van der Waals surface area contributed by atoms with Crippen LogP contribution in [-0.2, 0) is 0 Å². The maximum absolute atomic E-state index is 2.31. The van der Waals surface area contributed by atoms with Crippen LogP contribution in [0, 0.1) is 86.3 Å². The molecule has 0 spiro atoms. The summed E-state index contributed by atoms with van der Waals surface area (Å²) in [5.74, 6) is 9.00. The molecule has 0 bridgehead atoms. The van der Waals surface area contributed by atoms with Crippen molar-refractivity contribution in [1.29, 1.82) is 0 Å². The summed E-state index contributed by atoms with van der Waals surface area (Å²) in [5, 5.41) is 0. The molecule has 0 aromatic rings. The van der Waals surface area contributed by atoms with Crippen molar-refractivity contribution < 1.29 is 0 Å². The Hall–Kier alpha value is 0. The SMILES string of the molecule is CC(C)CC(C)(C)C.CC(C)CC(C)C.CCC(C)(C)C.CCC(C)(C)CC.CCC(C)CC.CCCC(C)(C)C.CCCC(C)CC.CCCCC(C)(C)C.CCCCC(C)C.CCCCC(C)C.CCCCCCC.CCC[C@H](C)CC.CC[C@H](C)C(C)C. The highest BCUT2D eigenvalue weighted by atomic mass is 14.2. The monoisotopic (exact) mass is 1300 g/mol. The molecule has 572 valence electrons. The van der Waals surface area contributed by atoms with Crippen molar-refractivity contribution >= 4 is 0 Å². The maximum Gasteiger partial charge on any atom is -0.0359 e. The van der Waals surface area contributed by atoms with Gasteiger partial charge in [-0.25, -0.2) is 0 Å². The summed E-state index contributed by atoms with van der Waals surface area (Å²) >= 11 is 0. The molecule has 0 aromatic carbocycles. The molecule has 91 heavy (non-hydrogen) atoms. The summed E-state index contributed by atoms with van der Waals surface area (Å²) in [4.78, 5) is 0. The average molecular weight is 1300 g/mol. The van der Waals surface area contributed by atoms with Gasteiger partial charge in [0.25, 0.3) is 0 Å². The third-order valence-electron chi connectivity index (χ3n) is 16.8. The van der Waals surface area contributed by atoms with Crippen LogP contribution in [0.1, 0.15) is 511 Å². The van der Waals surface area contributed by atoms with E-state index >= 15 is 0 Å². The van der Waals surface area contributed by atoms with Gasteiger partial charge in [-0.2, -0.15) is 0 Å². The first-order valence-electron chi connectivity index (χ1n) is 41.4. The zero-order chi connectivity index (χ0) is 75.5. The highest BCUT2D eigenvalue weighted by molar-refractivity contribution is 4.64. The number of rotatable bonds is 28. The van der Waals surface area contributed by atoms with E-state index in [2.05, 4.69) is 318 Å². The molecule has 0 aliphatic heterocycles. The molecule has 0 fully saturated rings. The Bertz CT molecular complexity index is 1070. The van der Waals surface area contributed by atoms with E-state index in [-0.39, 0.29) is 0 Å². The van der Waals surface area contributed by atoms with Crippen LogP contribution in [0.3, 0.4) is 0 Å². The van der Waals surface area contributed by atoms with Gasteiger partial charge in [-0.1, -0.05) is 485 Å². The van der Waals surface area contributed by atoms with Gasteiger partial charge in [0.1, 0.15) is 0 Å². The molecule has 0 aliphatic rings. The molecule has 0 heterocycles. The molecule has 0 rings (SSSR count). The summed E-state index contributed by atoms with van der Waals surface area (Å²) in [7, 11) is 0. The minimum atomic E-state index is 0.522. The molecule has 1 unspecified atom stereocenters. The van der Waals surface area contributed by atoms with Gasteiger partial charge in [-0.05, 0) is 112 Å². The fourth-order valence-electron chi connectivity index (χ4n) is 7.93. The molecule has 0 heteroatoms. The Balaban J connectivity index is -0.0000000659. The lowest BCUT2D eigenvalue weighted by Gasteiger charge is -2.19. The maximum atomic E-state index is 2.31. The van der Waals surface area contributed by atoms with Gasteiger partial charge in [0.05, 0.1) is 0 Å². The minimum Gasteiger partial charge on any atom is -0.0654 e. The van der Waals surface area contributed by atoms with E-state index in [0.29, 0.717) is 27.1 Å². The van der Waals surface area contributed by atoms with Crippen LogP contribution in [0.4, 0.5) is 0 Å². The average Bonchev–Trinajstić information content (AvgIpc) is 3.53. The van der Waals surface area contributed by atoms with Crippen LogP contribution in [0.15, 0.2) is 0 Å². The van der Waals surface area contributed by atoms with Crippen LogP contribution in [0.5, 0.6) is 0 Å². The predicted octanol–water partition coefficient (Wildman–Crippen LogP) is 36.5. The van der Waals surface area contributed by atoms with Crippen LogP contribution in [0.2, 0.25) is 0 Å². The molecular formula is C91H208. The number of hydrogen-bond acceptors (Lipinski definition) is 0. The van der Waals surface area contributed by atoms with Crippen LogP contribution in [-0.4, -0.2) is 0 Å². The summed E-state index contributed by atoms with van der Waals surface area (Å²) in [6.07, 6.45) is 40.7. The smallest absolute Gasteiger partial charge is 0.0359 e. The molecule has 0 radical (unpaired) electrons. The van der Waals surface area contributed by atoms with Crippen molar-refractivity contribution in [2.45, 2.75) is 511 Å². The summed E-state index contributed by atoms with van der Waals surface area (Å²) in [5.41, 5.74) is 2.75. The van der Waals surface area contributed by atoms with Gasteiger partial charge >= 0.3 is 0 Å². The van der Waals surface area contributed by atoms with E-state index in [0.717, 1.165) is 59.2 Å². The van der Waals surface area contributed by atoms with Crippen LogP contribution >= 0.6 is 0 Å². The lowest BCUT2D eigenvalue weighted by atomic mass is 9.86. The van der Waals surface area contributed by atoms with Crippen molar-refractivity contribution in [3.05, 3.63) is 0 Å². The molecule has 0 nitrogen and oxygen atoms in total. The standard InChI is InChI=1S/2C8H18.9C7H16.2C6H14/c1-7(2)6-8(3,4)5;1-5-6-7-8(2,3)4;1-6(2)5-7(3)4;1-5-6-7(2,3)4;1-5-7(3,4)6-2;1-5-7(4)6(2)3;2*1-4-5-6-7(2)3;2*1-4-6-7(3)5-2;1-3-5-7-6-4-2;1-5-6(2,3)4;1-4-6(3)5-2/h7H,6H2,1-5H3;5-7H2,1-4H3;6-7H,5H2,1-4H3;2*5-6H2,1-4H3;6-7H,5H2,1-4H3;4*7H,4-6H2,1-3H3;3-7H2,1-2H3;5H2,1-4H3;6H,4-5H2,1-3H3/t;;;;;7-;;;7-;;;;/m.....0..1..../s1. The Labute approximate surface area is 594 Å². The molecule has 3 atom stereocenters. The van der Waals surface area contributed by atoms with E-state index in [1.54, 1.807) is 0 Å². The zero-order valence-corrected chi connectivity index (χ0v) is 75.5. The molecule has 0 saturated heterocycles. The Morgan fingerprint density at radius 1 is 0.231 bits per heavy atom. The zero-order valence-electron chi connectivity index (χ0n) is 75.5. The third kappa shape index (κ3) is 200. The molecule has 0 aromatic heterocycles. The van der Waals surface area contributed by atoms with E-state index in [1.165, 1.54) is 193 Å². The largest absolute Gasteiger partial charge is 0.0654 e. The van der Waals surface area contributed by atoms with Gasteiger partial charge < -0.3 is 0 Å². The predicted molar refractivity (Wildman–Crippen MR) is 447 cm³/mol. The lowest BCUT2D eigenvalue weighted by molar-refractivity contribution is 0.320. The number of unbranched alkanes of at least 4 members (excludes halogenated alkanes) is 7. The Morgan fingerprint density at radius 3 is 0.582 bits per heavy atom. The van der Waals surface area contributed by atoms with Crippen molar-refractivity contribution in [1.82, 2.24) is 0 Å². The molecular weight excluding hydrogens is 1090 g/mol. The fraction of sp³-hybridized carbons (Fsp3) is 1.00. The van der Waals surface area contributed by atoms with Crippen LogP contribution < -0.4 is 0 Å². The van der Waals surface area contributed by atoms with Gasteiger partial charge in [-0.3, -0.25) is 0 Å². The van der Waals surface area contributed by atoms with Gasteiger partial charge in [-0.15, -0.1) is 0 Å². The van der Waals surface area contributed by atoms with Gasteiger partial charge in [0.15, 0.2) is 0 Å². The second-order valence-electron chi connectivity index (χ2n) is 36.2. The van der Waals surface area contributed by atoms with Crippen molar-refractivity contribution in [2.24, 2.45) is 86.3 Å². The Kier molecular flexibility index (Phi) is 117. The summed E-state index contributed by atoms with van der Waals surface area (Å²) in [6.45, 7) is 104. The Morgan fingerprint density at radius 2 is 0.527 bits per heavy atom. The highest BCUT2D eigenvalue weighted by Gasteiger charge is 2.12. The lowest BCUT2D eigenvalue weighted by Crippen LogP contribution is -2.08. The first-order valence-corrected chi connectivity index (χ1v) is 41.4. The van der Waals surface area contributed by atoms with E-state index < -0.39 is 0 Å². The first-order chi connectivity index (χ1) is 41.4. The first kappa shape index (κ1) is 121. The quantitative estimate of drug-likeness (QED) is 0.0685. The normalized spacial score (nSPS) is 12.0. The summed E-state index contributed by atoms with van der Waals surface area (Å²) in [6, 6.07) is 0. The fourth-order valence-corrected chi connectivity index (χ4v) is 7.93. The molecule has 0 saturated carbocycles.